The summed E-state index contributed by atoms with van der Waals surface area (Å²) in [4.78, 5) is 12.7. The molecule has 1 aliphatic heterocycles. The molecule has 3 rings (SSSR count). The Labute approximate surface area is 140 Å². The second kappa shape index (κ2) is 6.82. The Morgan fingerprint density at radius 1 is 1.29 bits per heavy atom. The molecule has 126 valence electrons. The van der Waals surface area contributed by atoms with E-state index in [0.29, 0.717) is 23.8 Å². The average molecular weight is 327 g/mol. The van der Waals surface area contributed by atoms with Crippen molar-refractivity contribution in [3.63, 3.8) is 0 Å². The fourth-order valence-electron chi connectivity index (χ4n) is 2.72. The summed E-state index contributed by atoms with van der Waals surface area (Å²) in [7, 11) is 0. The second-order valence-corrected chi connectivity index (χ2v) is 5.91. The van der Waals surface area contributed by atoms with Gasteiger partial charge in [0.2, 0.25) is 5.95 Å². The number of benzene rings is 1. The van der Waals surface area contributed by atoms with Crippen molar-refractivity contribution >= 4 is 11.9 Å². The van der Waals surface area contributed by atoms with Gasteiger partial charge in [0.1, 0.15) is 6.04 Å². The lowest BCUT2D eigenvalue weighted by atomic mass is 9.95. The molecule has 1 atom stereocenters. The maximum Gasteiger partial charge on any atom is 0.338 e. The van der Waals surface area contributed by atoms with Crippen LogP contribution < -0.4 is 5.32 Å². The Kier molecular flexibility index (Phi) is 4.59. The summed E-state index contributed by atoms with van der Waals surface area (Å²) in [5, 5.41) is 14.8. The minimum absolute atomic E-state index is 0.333. The van der Waals surface area contributed by atoms with Crippen molar-refractivity contribution in [2.45, 2.75) is 39.7 Å². The molecule has 1 aromatic heterocycles. The van der Waals surface area contributed by atoms with Crippen LogP contribution in [0.3, 0.4) is 0 Å². The van der Waals surface area contributed by atoms with Gasteiger partial charge in [-0.3, -0.25) is 0 Å². The highest BCUT2D eigenvalue weighted by Gasteiger charge is 2.34. The molecule has 0 unspecified atom stereocenters. The SMILES string of the molecule is CCCCOC(=O)C1=C(C)Nc2nnnn2[C@H]1c1ccc(C)cc1. The third kappa shape index (κ3) is 3.02. The van der Waals surface area contributed by atoms with Gasteiger partial charge in [-0.15, -0.1) is 0 Å². The van der Waals surface area contributed by atoms with Crippen LogP contribution in [0.2, 0.25) is 0 Å². The average Bonchev–Trinajstić information content (AvgIpc) is 3.02. The Balaban J connectivity index is 2.00. The lowest BCUT2D eigenvalue weighted by Gasteiger charge is -2.27. The van der Waals surface area contributed by atoms with Crippen molar-refractivity contribution in [3.05, 3.63) is 46.7 Å². The van der Waals surface area contributed by atoms with E-state index in [0.717, 1.165) is 24.0 Å². The van der Waals surface area contributed by atoms with Crippen molar-refractivity contribution in [2.24, 2.45) is 0 Å². The van der Waals surface area contributed by atoms with Crippen molar-refractivity contribution in [3.8, 4) is 0 Å². The maximum atomic E-state index is 12.7. The topological polar surface area (TPSA) is 81.9 Å². The van der Waals surface area contributed by atoms with E-state index in [-0.39, 0.29) is 5.97 Å². The predicted octanol–water partition coefficient (Wildman–Crippen LogP) is 2.61. The Morgan fingerprint density at radius 3 is 2.75 bits per heavy atom. The van der Waals surface area contributed by atoms with Crippen molar-refractivity contribution < 1.29 is 9.53 Å². The van der Waals surface area contributed by atoms with Gasteiger partial charge in [-0.2, -0.15) is 4.68 Å². The molecule has 0 fully saturated rings. The molecule has 0 saturated carbocycles. The summed E-state index contributed by atoms with van der Waals surface area (Å²) in [6, 6.07) is 7.60. The highest BCUT2D eigenvalue weighted by Crippen LogP contribution is 2.34. The molecule has 0 amide bonds. The van der Waals surface area contributed by atoms with Crippen LogP contribution >= 0.6 is 0 Å². The summed E-state index contributed by atoms with van der Waals surface area (Å²) >= 11 is 0. The van der Waals surface area contributed by atoms with Gasteiger partial charge >= 0.3 is 5.97 Å². The first kappa shape index (κ1) is 16.2. The molecule has 7 nitrogen and oxygen atoms in total. The number of hydrogen-bond acceptors (Lipinski definition) is 6. The largest absolute Gasteiger partial charge is 0.462 e. The Morgan fingerprint density at radius 2 is 2.04 bits per heavy atom. The number of hydrogen-bond donors (Lipinski definition) is 1. The summed E-state index contributed by atoms with van der Waals surface area (Å²) < 4.78 is 7.06. The molecule has 2 aromatic rings. The summed E-state index contributed by atoms with van der Waals surface area (Å²) in [5.74, 6) is 0.184. The smallest absolute Gasteiger partial charge is 0.338 e. The van der Waals surface area contributed by atoms with Crippen molar-refractivity contribution in [2.75, 3.05) is 11.9 Å². The first-order valence-corrected chi connectivity index (χ1v) is 8.11. The molecule has 2 heterocycles. The molecule has 1 aromatic carbocycles. The number of ether oxygens (including phenoxy) is 1. The number of carbonyl (C=O) groups excluding carboxylic acids is 1. The van der Waals surface area contributed by atoms with Crippen LogP contribution in [0, 0.1) is 6.92 Å². The minimum Gasteiger partial charge on any atom is -0.462 e. The number of aryl methyl sites for hydroxylation is 1. The zero-order valence-corrected chi connectivity index (χ0v) is 14.1. The van der Waals surface area contributed by atoms with Crippen LogP contribution in [0.25, 0.3) is 0 Å². The highest BCUT2D eigenvalue weighted by atomic mass is 16.5. The molecule has 0 spiro atoms. The molecule has 0 saturated heterocycles. The van der Waals surface area contributed by atoms with E-state index in [9.17, 15) is 4.79 Å². The molecule has 0 aliphatic carbocycles. The minimum atomic E-state index is -0.397. The number of rotatable bonds is 5. The zero-order valence-electron chi connectivity index (χ0n) is 14.1. The molecule has 0 radical (unpaired) electrons. The number of allylic oxidation sites excluding steroid dienone is 1. The molecular formula is C17H21N5O2. The number of unbranched alkanes of at least 4 members (excludes halogenated alkanes) is 1. The van der Waals surface area contributed by atoms with Gasteiger partial charge < -0.3 is 10.1 Å². The highest BCUT2D eigenvalue weighted by molar-refractivity contribution is 5.92. The van der Waals surface area contributed by atoms with Crippen molar-refractivity contribution in [1.29, 1.82) is 0 Å². The number of carbonyl (C=O) groups is 1. The number of nitrogens with one attached hydrogen (secondary N) is 1. The molecule has 0 bridgehead atoms. The van der Waals surface area contributed by atoms with Crippen LogP contribution in [0.4, 0.5) is 5.95 Å². The maximum absolute atomic E-state index is 12.7. The fourth-order valence-corrected chi connectivity index (χ4v) is 2.72. The number of aromatic nitrogens is 4. The summed E-state index contributed by atoms with van der Waals surface area (Å²) in [6.45, 7) is 6.34. The third-order valence-corrected chi connectivity index (χ3v) is 4.06. The number of anilines is 1. The van der Waals surface area contributed by atoms with Crippen LogP contribution in [-0.2, 0) is 9.53 Å². The van der Waals surface area contributed by atoms with Gasteiger partial charge in [0.25, 0.3) is 0 Å². The van der Waals surface area contributed by atoms with Gasteiger partial charge in [0.05, 0.1) is 12.2 Å². The number of nitrogens with zero attached hydrogens (tertiary/aromatic N) is 4. The third-order valence-electron chi connectivity index (χ3n) is 4.06. The second-order valence-electron chi connectivity index (χ2n) is 5.91. The Hall–Kier alpha value is -2.70. The lowest BCUT2D eigenvalue weighted by Crippen LogP contribution is -2.29. The monoisotopic (exact) mass is 327 g/mol. The van der Waals surface area contributed by atoms with Crippen LogP contribution in [0.15, 0.2) is 35.5 Å². The first-order valence-electron chi connectivity index (χ1n) is 8.11. The first-order chi connectivity index (χ1) is 11.6. The van der Waals surface area contributed by atoms with Gasteiger partial charge in [0.15, 0.2) is 0 Å². The molecule has 1 N–H and O–H groups in total. The van der Waals surface area contributed by atoms with Gasteiger partial charge in [-0.25, -0.2) is 4.79 Å². The van der Waals surface area contributed by atoms with Crippen LogP contribution in [-0.4, -0.2) is 32.8 Å². The van der Waals surface area contributed by atoms with E-state index in [1.54, 1.807) is 4.68 Å². The number of esters is 1. The molecule has 1 aliphatic rings. The summed E-state index contributed by atoms with van der Waals surface area (Å²) in [5.41, 5.74) is 3.34. The van der Waals surface area contributed by atoms with E-state index in [2.05, 4.69) is 27.8 Å². The lowest BCUT2D eigenvalue weighted by molar-refractivity contribution is -0.139. The molecule has 7 heteroatoms. The molecule has 24 heavy (non-hydrogen) atoms. The number of fused-ring (bicyclic) bond motifs is 1. The van der Waals surface area contributed by atoms with Crippen LogP contribution in [0.1, 0.15) is 43.9 Å². The fraction of sp³-hybridized carbons (Fsp3) is 0.412. The summed E-state index contributed by atoms with van der Waals surface area (Å²) in [6.07, 6.45) is 1.82. The van der Waals surface area contributed by atoms with E-state index >= 15 is 0 Å². The van der Waals surface area contributed by atoms with E-state index in [1.807, 2.05) is 38.1 Å². The predicted molar refractivity (Wildman–Crippen MR) is 89.3 cm³/mol. The van der Waals surface area contributed by atoms with Gasteiger partial charge in [-0.05, 0) is 36.3 Å². The Bertz CT molecular complexity index is 764. The van der Waals surface area contributed by atoms with Gasteiger partial charge in [-0.1, -0.05) is 48.3 Å². The normalized spacial score (nSPS) is 16.5. The van der Waals surface area contributed by atoms with E-state index < -0.39 is 6.04 Å². The molecular weight excluding hydrogens is 306 g/mol. The van der Waals surface area contributed by atoms with Crippen molar-refractivity contribution in [1.82, 2.24) is 20.2 Å². The number of tetrazole rings is 1. The quantitative estimate of drug-likeness (QED) is 0.671. The van der Waals surface area contributed by atoms with E-state index in [1.165, 1.54) is 0 Å². The van der Waals surface area contributed by atoms with Gasteiger partial charge in [0, 0.05) is 5.70 Å². The standard InChI is InChI=1S/C17H21N5O2/c1-4-5-10-24-16(23)14-12(3)18-17-19-20-21-22(17)15(14)13-8-6-11(2)7-9-13/h6-9,15H,4-5,10H2,1-3H3,(H,18,19,21)/t15-/m0/s1. The van der Waals surface area contributed by atoms with Crippen LogP contribution in [0.5, 0.6) is 0 Å². The van der Waals surface area contributed by atoms with E-state index in [4.69, 9.17) is 4.74 Å². The zero-order chi connectivity index (χ0) is 17.1.